The summed E-state index contributed by atoms with van der Waals surface area (Å²) in [6.45, 7) is 13.1. The van der Waals surface area contributed by atoms with Crippen LogP contribution in [0.15, 0.2) is 32.5 Å². The number of carbonyl (C=O) groups is 1. The second-order valence-electron chi connectivity index (χ2n) is 8.96. The molecule has 0 unspecified atom stereocenters. The number of amides is 1. The van der Waals surface area contributed by atoms with Gasteiger partial charge in [0.25, 0.3) is 0 Å². The Kier molecular flexibility index (Phi) is 6.88. The number of rotatable bonds is 5. The first-order chi connectivity index (χ1) is 14.4. The number of carbonyl (C=O) groups excluding carboxylic acids is 1. The van der Waals surface area contributed by atoms with E-state index in [2.05, 4.69) is 51.1 Å². The number of aromatic nitrogens is 1. The Morgan fingerprint density at radius 1 is 1.13 bits per heavy atom. The van der Waals surface area contributed by atoms with Crippen LogP contribution in [0, 0.1) is 20.8 Å². The number of piperazine rings is 1. The summed E-state index contributed by atoms with van der Waals surface area (Å²) in [6.07, 6.45) is 0. The fraction of sp³-hybridized carbons (Fsp3) is 0.545. The summed E-state index contributed by atoms with van der Waals surface area (Å²) in [5, 5.41) is 3.75. The van der Waals surface area contributed by atoms with Gasteiger partial charge in [0.2, 0.25) is 15.9 Å². The van der Waals surface area contributed by atoms with Crippen LogP contribution >= 0.6 is 11.8 Å². The molecule has 2 aromatic rings. The summed E-state index contributed by atoms with van der Waals surface area (Å²) in [7, 11) is -3.67. The fourth-order valence-electron chi connectivity index (χ4n) is 3.60. The summed E-state index contributed by atoms with van der Waals surface area (Å²) in [6, 6.07) is 6.41. The average Bonchev–Trinajstić information content (AvgIpc) is 3.05. The van der Waals surface area contributed by atoms with Crippen LogP contribution in [-0.2, 0) is 20.2 Å². The smallest absolute Gasteiger partial charge is 0.248 e. The molecule has 3 rings (SSSR count). The van der Waals surface area contributed by atoms with Gasteiger partial charge >= 0.3 is 0 Å². The Labute approximate surface area is 189 Å². The second kappa shape index (κ2) is 8.96. The van der Waals surface area contributed by atoms with Gasteiger partial charge in [-0.1, -0.05) is 38.1 Å². The first kappa shape index (κ1) is 23.8. The standard InChI is InChI=1S/C22H31N3O4S2/c1-15-7-8-18(22(4,5)6)13-19(15)30-14-20(26)24-9-11-25(12-10-24)31(27,28)21-16(2)23-29-17(21)3/h7-8,13H,9-12,14H2,1-6H3. The van der Waals surface area contributed by atoms with Crippen molar-refractivity contribution in [2.24, 2.45) is 0 Å². The van der Waals surface area contributed by atoms with Crippen molar-refractivity contribution in [3.8, 4) is 0 Å². The molecular formula is C22H31N3O4S2. The predicted octanol–water partition coefficient (Wildman–Crippen LogP) is 3.52. The Balaban J connectivity index is 1.60. The highest BCUT2D eigenvalue weighted by molar-refractivity contribution is 8.00. The molecular weight excluding hydrogens is 434 g/mol. The summed E-state index contributed by atoms with van der Waals surface area (Å²) in [5.74, 6) is 0.658. The van der Waals surface area contributed by atoms with Gasteiger partial charge in [-0.2, -0.15) is 4.31 Å². The molecule has 1 aromatic carbocycles. The Morgan fingerprint density at radius 3 is 2.32 bits per heavy atom. The molecule has 0 saturated carbocycles. The van der Waals surface area contributed by atoms with Crippen molar-refractivity contribution in [3.05, 3.63) is 40.8 Å². The van der Waals surface area contributed by atoms with Gasteiger partial charge < -0.3 is 9.42 Å². The molecule has 2 heterocycles. The summed E-state index contributed by atoms with van der Waals surface area (Å²) < 4.78 is 32.3. The molecule has 1 aliphatic rings. The normalized spacial score (nSPS) is 16.0. The van der Waals surface area contributed by atoms with E-state index in [0.29, 0.717) is 30.3 Å². The molecule has 0 bridgehead atoms. The first-order valence-corrected chi connectivity index (χ1v) is 12.8. The number of benzene rings is 1. The van der Waals surface area contributed by atoms with Gasteiger partial charge in [-0.05, 0) is 43.4 Å². The number of hydrogen-bond acceptors (Lipinski definition) is 6. The van der Waals surface area contributed by atoms with E-state index >= 15 is 0 Å². The van der Waals surface area contributed by atoms with Crippen LogP contribution in [-0.4, -0.2) is 60.6 Å². The summed E-state index contributed by atoms with van der Waals surface area (Å²) in [5.41, 5.74) is 2.81. The highest BCUT2D eigenvalue weighted by Gasteiger charge is 2.34. The lowest BCUT2D eigenvalue weighted by Crippen LogP contribution is -2.51. The van der Waals surface area contributed by atoms with Gasteiger partial charge in [0, 0.05) is 31.1 Å². The van der Waals surface area contributed by atoms with Gasteiger partial charge in [0.15, 0.2) is 5.76 Å². The van der Waals surface area contributed by atoms with E-state index in [9.17, 15) is 13.2 Å². The topological polar surface area (TPSA) is 83.7 Å². The van der Waals surface area contributed by atoms with Crippen LogP contribution < -0.4 is 0 Å². The van der Waals surface area contributed by atoms with Gasteiger partial charge in [0.1, 0.15) is 10.6 Å². The highest BCUT2D eigenvalue weighted by Crippen LogP contribution is 2.30. The third-order valence-electron chi connectivity index (χ3n) is 5.56. The number of thioether (sulfide) groups is 1. The minimum atomic E-state index is -3.67. The van der Waals surface area contributed by atoms with Crippen molar-refractivity contribution in [2.45, 2.75) is 56.7 Å². The maximum Gasteiger partial charge on any atom is 0.248 e. The first-order valence-electron chi connectivity index (χ1n) is 10.4. The zero-order chi connectivity index (χ0) is 23.0. The zero-order valence-electron chi connectivity index (χ0n) is 19.1. The largest absolute Gasteiger partial charge is 0.360 e. The third kappa shape index (κ3) is 5.15. The Morgan fingerprint density at radius 2 is 1.77 bits per heavy atom. The molecule has 170 valence electrons. The van der Waals surface area contributed by atoms with Crippen molar-refractivity contribution >= 4 is 27.7 Å². The van der Waals surface area contributed by atoms with E-state index < -0.39 is 10.0 Å². The third-order valence-corrected chi connectivity index (χ3v) is 8.85. The van der Waals surface area contributed by atoms with Crippen LogP contribution in [0.4, 0.5) is 0 Å². The highest BCUT2D eigenvalue weighted by atomic mass is 32.2. The van der Waals surface area contributed by atoms with E-state index in [1.54, 1.807) is 30.5 Å². The molecule has 0 N–H and O–H groups in total. The average molecular weight is 466 g/mol. The van der Waals surface area contributed by atoms with Gasteiger partial charge in [-0.25, -0.2) is 8.42 Å². The maximum atomic E-state index is 12.9. The second-order valence-corrected chi connectivity index (χ2v) is 11.8. The molecule has 1 aromatic heterocycles. The maximum absolute atomic E-state index is 12.9. The Hall–Kier alpha value is -1.84. The molecule has 1 fully saturated rings. The van der Waals surface area contributed by atoms with E-state index in [1.165, 1.54) is 9.87 Å². The van der Waals surface area contributed by atoms with Gasteiger partial charge in [0.05, 0.1) is 5.75 Å². The monoisotopic (exact) mass is 465 g/mol. The molecule has 1 saturated heterocycles. The number of nitrogens with zero attached hydrogens (tertiary/aromatic N) is 3. The van der Waals surface area contributed by atoms with Gasteiger partial charge in [-0.3, -0.25) is 4.79 Å². The molecule has 31 heavy (non-hydrogen) atoms. The molecule has 0 atom stereocenters. The van der Waals surface area contributed by atoms with E-state index in [-0.39, 0.29) is 29.3 Å². The van der Waals surface area contributed by atoms with Crippen LogP contribution in [0.3, 0.4) is 0 Å². The van der Waals surface area contributed by atoms with Crippen molar-refractivity contribution in [1.82, 2.24) is 14.4 Å². The summed E-state index contributed by atoms with van der Waals surface area (Å²) in [4.78, 5) is 15.8. The quantitative estimate of drug-likeness (QED) is 0.628. The molecule has 9 heteroatoms. The lowest BCUT2D eigenvalue weighted by atomic mass is 9.87. The SMILES string of the molecule is Cc1ccc(C(C)(C)C)cc1SCC(=O)N1CCN(S(=O)(=O)c2c(C)noc2C)CC1. The molecule has 0 aliphatic carbocycles. The molecule has 7 nitrogen and oxygen atoms in total. The van der Waals surface area contributed by atoms with Crippen molar-refractivity contribution in [1.29, 1.82) is 0 Å². The molecule has 1 aliphatic heterocycles. The fourth-order valence-corrected chi connectivity index (χ4v) is 6.28. The van der Waals surface area contributed by atoms with E-state index in [4.69, 9.17) is 4.52 Å². The van der Waals surface area contributed by atoms with E-state index in [0.717, 1.165) is 10.5 Å². The number of aryl methyl sites for hydroxylation is 3. The minimum Gasteiger partial charge on any atom is -0.360 e. The van der Waals surface area contributed by atoms with Crippen LogP contribution in [0.25, 0.3) is 0 Å². The van der Waals surface area contributed by atoms with Crippen molar-refractivity contribution in [2.75, 3.05) is 31.9 Å². The van der Waals surface area contributed by atoms with Crippen LogP contribution in [0.2, 0.25) is 0 Å². The zero-order valence-corrected chi connectivity index (χ0v) is 20.7. The summed E-state index contributed by atoms with van der Waals surface area (Å²) >= 11 is 1.54. The van der Waals surface area contributed by atoms with Crippen molar-refractivity contribution < 1.29 is 17.7 Å². The molecule has 1 amide bonds. The predicted molar refractivity (Wildman–Crippen MR) is 122 cm³/mol. The molecule has 0 spiro atoms. The van der Waals surface area contributed by atoms with Crippen LogP contribution in [0.1, 0.15) is 43.4 Å². The minimum absolute atomic E-state index is 0.0277. The lowest BCUT2D eigenvalue weighted by Gasteiger charge is -2.34. The van der Waals surface area contributed by atoms with Gasteiger partial charge in [-0.15, -0.1) is 11.8 Å². The lowest BCUT2D eigenvalue weighted by molar-refractivity contribution is -0.129. The van der Waals surface area contributed by atoms with E-state index in [1.807, 2.05) is 0 Å². The van der Waals surface area contributed by atoms with Crippen molar-refractivity contribution in [3.63, 3.8) is 0 Å². The number of sulfonamides is 1. The number of hydrogen-bond donors (Lipinski definition) is 0. The van der Waals surface area contributed by atoms with Crippen LogP contribution in [0.5, 0.6) is 0 Å². The Bertz CT molecular complexity index is 1040. The molecule has 0 radical (unpaired) electrons.